The molecule has 0 saturated carbocycles. The lowest BCUT2D eigenvalue weighted by Crippen LogP contribution is -2.49. The molecule has 0 atom stereocenters. The van der Waals surface area contributed by atoms with E-state index in [1.54, 1.807) is 11.0 Å². The number of carbonyl (C=O) groups excluding carboxylic acids is 1. The van der Waals surface area contributed by atoms with Crippen LogP contribution in [0.4, 0.5) is 4.39 Å². The van der Waals surface area contributed by atoms with Gasteiger partial charge >= 0.3 is 0 Å². The van der Waals surface area contributed by atoms with Crippen molar-refractivity contribution in [3.05, 3.63) is 71.0 Å². The first-order valence-corrected chi connectivity index (χ1v) is 8.07. The van der Waals surface area contributed by atoms with Crippen LogP contribution in [-0.4, -0.2) is 40.4 Å². The molecule has 0 aromatic heterocycles. The van der Waals surface area contributed by atoms with Gasteiger partial charge in [0.05, 0.1) is 13.2 Å². The van der Waals surface area contributed by atoms with Crippen LogP contribution in [0, 0.1) is 5.82 Å². The Hall–Kier alpha value is -2.24. The van der Waals surface area contributed by atoms with Crippen molar-refractivity contribution in [3.63, 3.8) is 0 Å². The molecule has 0 bridgehead atoms. The molecular formula is C19H21FN2O2. The molecule has 0 radical (unpaired) electrons. The minimum Gasteiger partial charge on any atom is -0.392 e. The highest BCUT2D eigenvalue weighted by atomic mass is 19.1. The fourth-order valence-corrected chi connectivity index (χ4v) is 2.92. The van der Waals surface area contributed by atoms with E-state index in [9.17, 15) is 9.18 Å². The third-order valence-electron chi connectivity index (χ3n) is 4.27. The second kappa shape index (κ2) is 7.55. The summed E-state index contributed by atoms with van der Waals surface area (Å²) in [5, 5.41) is 9.07. The van der Waals surface area contributed by atoms with Gasteiger partial charge in [-0.3, -0.25) is 9.69 Å². The number of piperazine rings is 1. The van der Waals surface area contributed by atoms with Crippen molar-refractivity contribution in [2.75, 3.05) is 19.6 Å². The Morgan fingerprint density at radius 2 is 1.71 bits per heavy atom. The molecular weight excluding hydrogens is 307 g/mol. The molecule has 3 rings (SSSR count). The predicted molar refractivity (Wildman–Crippen MR) is 89.5 cm³/mol. The van der Waals surface area contributed by atoms with Gasteiger partial charge in [0.15, 0.2) is 0 Å². The summed E-state index contributed by atoms with van der Waals surface area (Å²) in [7, 11) is 0. The van der Waals surface area contributed by atoms with Crippen molar-refractivity contribution in [2.24, 2.45) is 0 Å². The highest BCUT2D eigenvalue weighted by Gasteiger charge is 2.23. The van der Waals surface area contributed by atoms with Crippen LogP contribution < -0.4 is 0 Å². The number of benzene rings is 2. The van der Waals surface area contributed by atoms with Crippen molar-refractivity contribution in [2.45, 2.75) is 19.7 Å². The molecule has 1 heterocycles. The summed E-state index contributed by atoms with van der Waals surface area (Å²) in [5.74, 6) is -0.206. The zero-order chi connectivity index (χ0) is 16.9. The van der Waals surface area contributed by atoms with Gasteiger partial charge < -0.3 is 10.0 Å². The predicted octanol–water partition coefficient (Wildman–Crippen LogP) is 2.16. The maximum Gasteiger partial charge on any atom is 0.237 e. The van der Waals surface area contributed by atoms with E-state index in [0.29, 0.717) is 26.2 Å². The quantitative estimate of drug-likeness (QED) is 0.915. The zero-order valence-electron chi connectivity index (χ0n) is 13.5. The molecule has 1 aliphatic rings. The fourth-order valence-electron chi connectivity index (χ4n) is 2.92. The van der Waals surface area contributed by atoms with E-state index >= 15 is 0 Å². The first kappa shape index (κ1) is 16.6. The molecule has 1 N–H and O–H groups in total. The number of carbonyl (C=O) groups is 1. The molecule has 2 aromatic carbocycles. The lowest BCUT2D eigenvalue weighted by Gasteiger charge is -2.34. The molecule has 1 fully saturated rings. The van der Waals surface area contributed by atoms with E-state index in [1.165, 1.54) is 12.1 Å². The molecule has 24 heavy (non-hydrogen) atoms. The molecule has 0 aliphatic carbocycles. The first-order chi connectivity index (χ1) is 11.6. The highest BCUT2D eigenvalue weighted by molar-refractivity contribution is 5.79. The van der Waals surface area contributed by atoms with Crippen molar-refractivity contribution >= 4 is 5.91 Å². The average Bonchev–Trinajstić information content (AvgIpc) is 2.58. The summed E-state index contributed by atoms with van der Waals surface area (Å²) in [6, 6.07) is 14.2. The van der Waals surface area contributed by atoms with Crippen molar-refractivity contribution in [1.29, 1.82) is 0 Å². The number of nitrogens with zero attached hydrogens (tertiary/aromatic N) is 2. The number of hydrogen-bond acceptors (Lipinski definition) is 3. The Balaban J connectivity index is 1.55. The largest absolute Gasteiger partial charge is 0.392 e. The molecule has 4 nitrogen and oxygen atoms in total. The van der Waals surface area contributed by atoms with E-state index in [4.69, 9.17) is 5.11 Å². The topological polar surface area (TPSA) is 43.8 Å². The summed E-state index contributed by atoms with van der Waals surface area (Å²) in [6.45, 7) is 3.02. The smallest absolute Gasteiger partial charge is 0.237 e. The minimum absolute atomic E-state index is 0.0392. The zero-order valence-corrected chi connectivity index (χ0v) is 13.5. The molecule has 0 unspecified atom stereocenters. The Morgan fingerprint density at radius 3 is 2.38 bits per heavy atom. The molecule has 5 heteroatoms. The van der Waals surface area contributed by atoms with Gasteiger partial charge in [0.2, 0.25) is 5.91 Å². The van der Waals surface area contributed by atoms with E-state index in [0.717, 1.165) is 23.2 Å². The second-order valence-corrected chi connectivity index (χ2v) is 6.13. The normalized spacial score (nSPS) is 15.8. The third kappa shape index (κ3) is 4.19. The van der Waals surface area contributed by atoms with Crippen LogP contribution in [0.5, 0.6) is 0 Å². The van der Waals surface area contributed by atoms with Gasteiger partial charge in [-0.15, -0.1) is 0 Å². The maximum atomic E-state index is 13.2. The Morgan fingerprint density at radius 1 is 0.958 bits per heavy atom. The Kier molecular flexibility index (Phi) is 5.23. The van der Waals surface area contributed by atoms with Crippen LogP contribution in [-0.2, 0) is 24.5 Å². The van der Waals surface area contributed by atoms with Crippen LogP contribution in [0.3, 0.4) is 0 Å². The summed E-state index contributed by atoms with van der Waals surface area (Å²) in [5.41, 5.74) is 2.82. The summed E-state index contributed by atoms with van der Waals surface area (Å²) < 4.78 is 13.2. The van der Waals surface area contributed by atoms with Crippen LogP contribution >= 0.6 is 0 Å². The van der Waals surface area contributed by atoms with Gasteiger partial charge in [-0.1, -0.05) is 36.4 Å². The van der Waals surface area contributed by atoms with Crippen molar-refractivity contribution in [3.8, 4) is 0 Å². The Bertz CT molecular complexity index is 703. The van der Waals surface area contributed by atoms with Gasteiger partial charge in [-0.25, -0.2) is 4.39 Å². The number of halogens is 1. The molecule has 1 saturated heterocycles. The van der Waals surface area contributed by atoms with Crippen LogP contribution in [0.2, 0.25) is 0 Å². The average molecular weight is 328 g/mol. The van der Waals surface area contributed by atoms with E-state index < -0.39 is 0 Å². The van der Waals surface area contributed by atoms with Crippen LogP contribution in [0.1, 0.15) is 16.7 Å². The first-order valence-electron chi connectivity index (χ1n) is 8.07. The second-order valence-electron chi connectivity index (χ2n) is 6.13. The number of rotatable bonds is 5. The van der Waals surface area contributed by atoms with Crippen LogP contribution in [0.15, 0.2) is 48.5 Å². The highest BCUT2D eigenvalue weighted by Crippen LogP contribution is 2.14. The molecule has 0 spiro atoms. The van der Waals surface area contributed by atoms with Crippen LogP contribution in [0.25, 0.3) is 0 Å². The van der Waals surface area contributed by atoms with Gasteiger partial charge in [0.25, 0.3) is 0 Å². The SMILES string of the molecule is O=C1CN(Cc2ccc(CO)cc2)CCN1Cc1cccc(F)c1. The van der Waals surface area contributed by atoms with E-state index in [1.807, 2.05) is 30.3 Å². The summed E-state index contributed by atoms with van der Waals surface area (Å²) in [6.07, 6.45) is 0. The Labute approximate surface area is 141 Å². The maximum absolute atomic E-state index is 13.2. The monoisotopic (exact) mass is 328 g/mol. The molecule has 2 aromatic rings. The number of amides is 1. The third-order valence-corrected chi connectivity index (χ3v) is 4.27. The van der Waals surface area contributed by atoms with Gasteiger partial charge in [-0.05, 0) is 28.8 Å². The standard InChI is InChI=1S/C19H21FN2O2/c20-18-3-1-2-17(10-18)12-22-9-8-21(13-19(22)24)11-15-4-6-16(14-23)7-5-15/h1-7,10,23H,8-9,11-14H2. The van der Waals surface area contributed by atoms with E-state index in [2.05, 4.69) is 4.90 Å². The minimum atomic E-state index is -0.273. The number of aliphatic hydroxyl groups is 1. The van der Waals surface area contributed by atoms with Crippen molar-refractivity contribution < 1.29 is 14.3 Å². The van der Waals surface area contributed by atoms with Crippen molar-refractivity contribution in [1.82, 2.24) is 9.80 Å². The summed E-state index contributed by atoms with van der Waals surface area (Å²) in [4.78, 5) is 16.2. The van der Waals surface area contributed by atoms with Gasteiger partial charge in [0.1, 0.15) is 5.82 Å². The van der Waals surface area contributed by atoms with Gasteiger partial charge in [0, 0.05) is 26.2 Å². The number of hydrogen-bond donors (Lipinski definition) is 1. The lowest BCUT2D eigenvalue weighted by atomic mass is 10.1. The lowest BCUT2D eigenvalue weighted by molar-refractivity contribution is -0.136. The van der Waals surface area contributed by atoms with Gasteiger partial charge in [-0.2, -0.15) is 0 Å². The molecule has 126 valence electrons. The molecule has 1 amide bonds. The number of aliphatic hydroxyl groups excluding tert-OH is 1. The van der Waals surface area contributed by atoms with E-state index in [-0.39, 0.29) is 18.3 Å². The molecule has 1 aliphatic heterocycles. The fraction of sp³-hybridized carbons (Fsp3) is 0.316. The summed E-state index contributed by atoms with van der Waals surface area (Å²) >= 11 is 0.